The predicted molar refractivity (Wildman–Crippen MR) is 75.5 cm³/mol. The minimum absolute atomic E-state index is 0.0639. The maximum absolute atomic E-state index is 13.4. The van der Waals surface area contributed by atoms with E-state index in [1.807, 2.05) is 0 Å². The molecule has 0 saturated carbocycles. The fourth-order valence-corrected chi connectivity index (χ4v) is 4.61. The molecule has 0 fully saturated rings. The van der Waals surface area contributed by atoms with E-state index in [2.05, 4.69) is 31.9 Å². The van der Waals surface area contributed by atoms with Crippen molar-refractivity contribution in [3.63, 3.8) is 0 Å². The van der Waals surface area contributed by atoms with Crippen LogP contribution in [-0.2, 0) is 0 Å². The number of alkyl halides is 11. The largest absolute Gasteiger partial charge is 0.460 e. The minimum Gasteiger partial charge on any atom is -0.188 e. The lowest BCUT2D eigenvalue weighted by molar-refractivity contribution is -0.330. The summed E-state index contributed by atoms with van der Waals surface area (Å²) in [5, 5.41) is -5.84. The molecule has 13 heteroatoms. The van der Waals surface area contributed by atoms with Crippen molar-refractivity contribution in [3.05, 3.63) is 21.0 Å². The van der Waals surface area contributed by atoms with Gasteiger partial charge in [-0.15, -0.1) is 0 Å². The van der Waals surface area contributed by atoms with Crippen molar-refractivity contribution in [2.45, 2.75) is 35.3 Å². The number of hydrogen-bond donors (Lipinski definition) is 0. The van der Waals surface area contributed by atoms with Gasteiger partial charge in [0.05, 0.1) is 10.4 Å². The van der Waals surface area contributed by atoms with Crippen molar-refractivity contribution in [2.24, 2.45) is 5.92 Å². The number of hydrogen-bond acceptors (Lipinski definition) is 1. The molecule has 0 saturated heterocycles. The molecule has 0 aromatic rings. The first-order chi connectivity index (χ1) is 10.4. The van der Waals surface area contributed by atoms with Crippen LogP contribution in [0.2, 0.25) is 0 Å². The van der Waals surface area contributed by atoms with Gasteiger partial charge in [0.1, 0.15) is 0 Å². The number of halogens is 12. The minimum atomic E-state index is -6.63. The van der Waals surface area contributed by atoms with Crippen LogP contribution in [0.25, 0.3) is 0 Å². The fourth-order valence-electron chi connectivity index (χ4n) is 1.61. The maximum atomic E-state index is 13.4. The highest BCUT2D eigenvalue weighted by molar-refractivity contribution is 9.12. The van der Waals surface area contributed by atoms with Gasteiger partial charge < -0.3 is 0 Å². The van der Waals surface area contributed by atoms with Crippen molar-refractivity contribution < 1.29 is 43.9 Å². The second-order valence-corrected chi connectivity index (χ2v) is 7.75. The molecule has 24 heavy (non-hydrogen) atoms. The molecule has 0 N–H and O–H groups in total. The molecule has 1 aliphatic rings. The molecule has 2 atom stereocenters. The van der Waals surface area contributed by atoms with Crippen LogP contribution < -0.4 is 0 Å². The Labute approximate surface area is 150 Å². The molecule has 0 radical (unpaired) electrons. The van der Waals surface area contributed by atoms with Crippen molar-refractivity contribution in [1.82, 2.24) is 0 Å². The lowest BCUT2D eigenvalue weighted by Gasteiger charge is -2.32. The molecular weight excluding hydrogens is 514 g/mol. The van der Waals surface area contributed by atoms with Crippen LogP contribution in [0.3, 0.4) is 0 Å². The van der Waals surface area contributed by atoms with Crippen LogP contribution in [0.1, 0.15) is 6.92 Å². The van der Waals surface area contributed by atoms with Gasteiger partial charge in [0.2, 0.25) is 0 Å². The maximum Gasteiger partial charge on any atom is 0.460 e. The molecule has 0 spiro atoms. The van der Waals surface area contributed by atoms with Crippen LogP contribution >= 0.6 is 43.6 Å². The van der Waals surface area contributed by atoms with Crippen LogP contribution in [0, 0.1) is 5.92 Å². The monoisotopic (exact) mass is 518 g/mol. The Kier molecular flexibility index (Phi) is 6.15. The van der Waals surface area contributed by atoms with Gasteiger partial charge in [0, 0.05) is 15.3 Å². The second-order valence-electron chi connectivity index (χ2n) is 4.69. The average Bonchev–Trinajstić information content (AvgIpc) is 2.32. The molecule has 2 unspecified atom stereocenters. The summed E-state index contributed by atoms with van der Waals surface area (Å²) in [6, 6.07) is 0. The van der Waals surface area contributed by atoms with Gasteiger partial charge in [-0.3, -0.25) is 0 Å². The normalized spacial score (nSPS) is 24.3. The average molecular weight is 520 g/mol. The van der Waals surface area contributed by atoms with Crippen LogP contribution in [0.5, 0.6) is 0 Å². The molecule has 0 aliphatic heterocycles. The summed E-state index contributed by atoms with van der Waals surface area (Å²) < 4.78 is 128. The molecular formula is C11H6Br2F10S. The van der Waals surface area contributed by atoms with Crippen LogP contribution in [0.15, 0.2) is 21.0 Å². The number of rotatable bonds is 3. The molecule has 0 aromatic carbocycles. The quantitative estimate of drug-likeness (QED) is 0.285. The Balaban J connectivity index is 3.44. The first-order valence-corrected chi connectivity index (χ1v) is 8.30. The van der Waals surface area contributed by atoms with Crippen molar-refractivity contribution in [1.29, 1.82) is 0 Å². The van der Waals surface area contributed by atoms with E-state index in [9.17, 15) is 43.9 Å². The number of allylic oxidation sites excluding steroid dienone is 3. The standard InChI is InChI=1S/C11H6Br2F10S/c1-3-4(12)2-5(6(7(3)13)8(14,15)16)24-11(22,23)9(17,18)10(19,20)21/h2-3,7H,1H3. The molecule has 0 amide bonds. The van der Waals surface area contributed by atoms with E-state index in [1.54, 1.807) is 0 Å². The van der Waals surface area contributed by atoms with Crippen molar-refractivity contribution in [3.8, 4) is 0 Å². The Hall–Kier alpha value is 0.0900. The van der Waals surface area contributed by atoms with Gasteiger partial charge in [-0.2, -0.15) is 43.9 Å². The molecule has 1 rings (SSSR count). The van der Waals surface area contributed by atoms with Gasteiger partial charge in [-0.1, -0.05) is 38.8 Å². The summed E-state index contributed by atoms with van der Waals surface area (Å²) in [5.74, 6) is -7.41. The Morgan fingerprint density at radius 2 is 1.42 bits per heavy atom. The lowest BCUT2D eigenvalue weighted by Crippen LogP contribution is -2.50. The molecule has 140 valence electrons. The van der Waals surface area contributed by atoms with Gasteiger partial charge >= 0.3 is 23.5 Å². The van der Waals surface area contributed by atoms with Crippen molar-refractivity contribution in [2.75, 3.05) is 0 Å². The molecule has 0 heterocycles. The number of thioether (sulfide) groups is 1. The van der Waals surface area contributed by atoms with E-state index in [0.29, 0.717) is 6.08 Å². The van der Waals surface area contributed by atoms with Crippen molar-refractivity contribution >= 4 is 43.6 Å². The Bertz CT molecular complexity index is 560. The lowest BCUT2D eigenvalue weighted by atomic mass is 9.95. The third-order valence-corrected chi connectivity index (χ3v) is 6.22. The summed E-state index contributed by atoms with van der Waals surface area (Å²) in [5.41, 5.74) is -1.65. The highest BCUT2D eigenvalue weighted by Crippen LogP contribution is 2.57. The van der Waals surface area contributed by atoms with Gasteiger partial charge in [0.15, 0.2) is 0 Å². The summed E-state index contributed by atoms with van der Waals surface area (Å²) >= 11 is 3.93. The van der Waals surface area contributed by atoms with Gasteiger partial charge in [-0.25, -0.2) is 0 Å². The molecule has 0 aromatic heterocycles. The Morgan fingerprint density at radius 3 is 1.79 bits per heavy atom. The predicted octanol–water partition coefficient (Wildman–Crippen LogP) is 7.02. The molecule has 0 bridgehead atoms. The van der Waals surface area contributed by atoms with E-state index >= 15 is 0 Å². The summed E-state index contributed by atoms with van der Waals surface area (Å²) in [4.78, 5) is -3.03. The van der Waals surface area contributed by atoms with E-state index in [-0.39, 0.29) is 4.48 Å². The fraction of sp³-hybridized carbons (Fsp3) is 0.636. The van der Waals surface area contributed by atoms with E-state index in [0.717, 1.165) is 0 Å². The Morgan fingerprint density at radius 1 is 0.958 bits per heavy atom. The zero-order chi connectivity index (χ0) is 19.3. The van der Waals surface area contributed by atoms with Crippen LogP contribution in [0.4, 0.5) is 43.9 Å². The highest BCUT2D eigenvalue weighted by atomic mass is 79.9. The highest BCUT2D eigenvalue weighted by Gasteiger charge is 2.74. The zero-order valence-corrected chi connectivity index (χ0v) is 15.2. The van der Waals surface area contributed by atoms with E-state index in [1.165, 1.54) is 6.92 Å². The summed E-state index contributed by atoms with van der Waals surface area (Å²) in [7, 11) is 0. The summed E-state index contributed by atoms with van der Waals surface area (Å²) in [6.45, 7) is 1.27. The topological polar surface area (TPSA) is 0 Å². The van der Waals surface area contributed by atoms with Gasteiger partial charge in [-0.05, 0) is 17.8 Å². The van der Waals surface area contributed by atoms with Crippen LogP contribution in [-0.4, -0.2) is 28.4 Å². The first kappa shape index (κ1) is 22.1. The van der Waals surface area contributed by atoms with Gasteiger partial charge in [0.25, 0.3) is 0 Å². The zero-order valence-electron chi connectivity index (χ0n) is 11.2. The second kappa shape index (κ2) is 6.67. The SMILES string of the molecule is CC1C(Br)=CC(SC(F)(F)C(F)(F)C(F)(F)F)=C(C(F)(F)F)C1Br. The first-order valence-electron chi connectivity index (χ1n) is 5.77. The smallest absolute Gasteiger partial charge is 0.188 e. The van der Waals surface area contributed by atoms with E-state index < -0.39 is 56.5 Å². The third kappa shape index (κ3) is 4.08. The molecule has 1 aliphatic carbocycles. The summed E-state index contributed by atoms with van der Waals surface area (Å²) in [6.07, 6.45) is -11.4. The van der Waals surface area contributed by atoms with E-state index in [4.69, 9.17) is 0 Å². The molecule has 0 nitrogen and oxygen atoms in total. The third-order valence-electron chi connectivity index (χ3n) is 2.95.